The van der Waals surface area contributed by atoms with Gasteiger partial charge in [0.2, 0.25) is 5.88 Å². The quantitative estimate of drug-likeness (QED) is 0.924. The van der Waals surface area contributed by atoms with Crippen LogP contribution in [0.4, 0.5) is 4.39 Å². The van der Waals surface area contributed by atoms with Gasteiger partial charge in [-0.1, -0.05) is 18.2 Å². The molecule has 25 heavy (non-hydrogen) atoms. The SMILES string of the molecule is COc1ncccc1C(=O)N1CC[C@H](Cc2ccccc2F)[C@@H](O)C1. The van der Waals surface area contributed by atoms with E-state index >= 15 is 0 Å². The zero-order valence-electron chi connectivity index (χ0n) is 14.1. The first-order chi connectivity index (χ1) is 12.1. The van der Waals surface area contributed by atoms with E-state index in [-0.39, 0.29) is 30.1 Å². The van der Waals surface area contributed by atoms with Gasteiger partial charge >= 0.3 is 0 Å². The normalized spacial score (nSPS) is 20.4. The zero-order chi connectivity index (χ0) is 17.8. The maximum atomic E-state index is 13.8. The number of likely N-dealkylation sites (tertiary alicyclic amines) is 1. The molecule has 6 heteroatoms. The third kappa shape index (κ3) is 3.79. The molecule has 0 spiro atoms. The number of methoxy groups -OCH3 is 1. The van der Waals surface area contributed by atoms with Crippen molar-refractivity contribution in [2.24, 2.45) is 5.92 Å². The van der Waals surface area contributed by atoms with Crippen LogP contribution in [0.5, 0.6) is 5.88 Å². The van der Waals surface area contributed by atoms with Gasteiger partial charge < -0.3 is 14.7 Å². The van der Waals surface area contributed by atoms with E-state index in [1.165, 1.54) is 13.2 Å². The van der Waals surface area contributed by atoms with Gasteiger partial charge in [0.05, 0.1) is 13.2 Å². The highest BCUT2D eigenvalue weighted by Crippen LogP contribution is 2.25. The molecule has 2 heterocycles. The van der Waals surface area contributed by atoms with Crippen LogP contribution in [-0.4, -0.2) is 47.2 Å². The number of hydrogen-bond acceptors (Lipinski definition) is 4. The van der Waals surface area contributed by atoms with Crippen molar-refractivity contribution in [2.75, 3.05) is 20.2 Å². The van der Waals surface area contributed by atoms with Gasteiger partial charge in [-0.3, -0.25) is 4.79 Å². The molecule has 3 rings (SSSR count). The van der Waals surface area contributed by atoms with Crippen LogP contribution in [0.1, 0.15) is 22.3 Å². The Morgan fingerprint density at radius 1 is 1.36 bits per heavy atom. The molecule has 1 N–H and O–H groups in total. The summed E-state index contributed by atoms with van der Waals surface area (Å²) in [6.45, 7) is 0.725. The third-order valence-electron chi connectivity index (χ3n) is 4.64. The van der Waals surface area contributed by atoms with Crippen LogP contribution in [-0.2, 0) is 6.42 Å². The van der Waals surface area contributed by atoms with E-state index in [0.29, 0.717) is 30.5 Å². The Hall–Kier alpha value is -2.47. The second-order valence-electron chi connectivity index (χ2n) is 6.22. The fourth-order valence-electron chi connectivity index (χ4n) is 3.24. The first-order valence-corrected chi connectivity index (χ1v) is 8.30. The molecule has 5 nitrogen and oxygen atoms in total. The molecule has 0 bridgehead atoms. The van der Waals surface area contributed by atoms with E-state index < -0.39 is 6.10 Å². The van der Waals surface area contributed by atoms with E-state index in [0.717, 1.165) is 0 Å². The van der Waals surface area contributed by atoms with Crippen LogP contribution in [0.2, 0.25) is 0 Å². The number of aliphatic hydroxyl groups is 1. The summed E-state index contributed by atoms with van der Waals surface area (Å²) in [7, 11) is 1.47. The lowest BCUT2D eigenvalue weighted by Gasteiger charge is -2.36. The molecule has 0 radical (unpaired) electrons. The van der Waals surface area contributed by atoms with Gasteiger partial charge in [-0.05, 0) is 42.5 Å². The summed E-state index contributed by atoms with van der Waals surface area (Å²) in [5.41, 5.74) is 0.977. The first-order valence-electron chi connectivity index (χ1n) is 8.30. The van der Waals surface area contributed by atoms with Crippen molar-refractivity contribution in [3.8, 4) is 5.88 Å². The number of ether oxygens (including phenoxy) is 1. The summed E-state index contributed by atoms with van der Waals surface area (Å²) >= 11 is 0. The van der Waals surface area contributed by atoms with Gasteiger partial charge in [-0.2, -0.15) is 0 Å². The van der Waals surface area contributed by atoms with Gasteiger partial charge in [0.1, 0.15) is 11.4 Å². The molecule has 1 aromatic heterocycles. The number of aliphatic hydroxyl groups excluding tert-OH is 1. The van der Waals surface area contributed by atoms with Gasteiger partial charge in [0, 0.05) is 19.3 Å². The van der Waals surface area contributed by atoms with Crippen molar-refractivity contribution < 1.29 is 19.0 Å². The van der Waals surface area contributed by atoms with E-state index in [4.69, 9.17) is 4.74 Å². The number of amides is 1. The summed E-state index contributed by atoms with van der Waals surface area (Å²) in [6, 6.07) is 9.94. The second-order valence-corrected chi connectivity index (χ2v) is 6.22. The van der Waals surface area contributed by atoms with Crippen molar-refractivity contribution >= 4 is 5.91 Å². The topological polar surface area (TPSA) is 62.7 Å². The molecule has 1 aromatic carbocycles. The highest BCUT2D eigenvalue weighted by atomic mass is 19.1. The molecule has 132 valence electrons. The van der Waals surface area contributed by atoms with Gasteiger partial charge in [0.15, 0.2) is 0 Å². The number of rotatable bonds is 4. The van der Waals surface area contributed by atoms with E-state index in [9.17, 15) is 14.3 Å². The van der Waals surface area contributed by atoms with Crippen LogP contribution in [0.3, 0.4) is 0 Å². The maximum absolute atomic E-state index is 13.8. The lowest BCUT2D eigenvalue weighted by molar-refractivity contribution is 0.0194. The molecule has 2 atom stereocenters. The molecule has 0 saturated carbocycles. The standard InChI is InChI=1S/C19H21FN2O3/c1-25-18-15(6-4-9-21-18)19(24)22-10-8-14(17(23)12-22)11-13-5-2-3-7-16(13)20/h2-7,9,14,17,23H,8,10-12H2,1H3/t14-,17+/m1/s1. The van der Waals surface area contributed by atoms with E-state index in [2.05, 4.69) is 4.98 Å². The number of carbonyl (C=O) groups is 1. The van der Waals surface area contributed by atoms with Crippen molar-refractivity contribution in [3.63, 3.8) is 0 Å². The molecule has 1 amide bonds. The Morgan fingerprint density at radius 2 is 2.16 bits per heavy atom. The fraction of sp³-hybridized carbons (Fsp3) is 0.368. The Morgan fingerprint density at radius 3 is 2.88 bits per heavy atom. The Balaban J connectivity index is 1.67. The lowest BCUT2D eigenvalue weighted by atomic mass is 9.87. The second kappa shape index (κ2) is 7.61. The van der Waals surface area contributed by atoms with Crippen LogP contribution in [0.25, 0.3) is 0 Å². The van der Waals surface area contributed by atoms with Gasteiger partial charge in [0.25, 0.3) is 5.91 Å². The highest BCUT2D eigenvalue weighted by molar-refractivity contribution is 5.96. The molecule has 0 aliphatic carbocycles. The summed E-state index contributed by atoms with van der Waals surface area (Å²) in [5.74, 6) is -0.270. The average molecular weight is 344 g/mol. The summed E-state index contributed by atoms with van der Waals surface area (Å²) < 4.78 is 18.9. The number of halogens is 1. The molecule has 0 unspecified atom stereocenters. The Labute approximate surface area is 146 Å². The number of carbonyl (C=O) groups excluding carboxylic acids is 1. The summed E-state index contributed by atoms with van der Waals surface area (Å²) in [4.78, 5) is 18.3. The van der Waals surface area contributed by atoms with E-state index in [1.54, 1.807) is 41.4 Å². The minimum absolute atomic E-state index is 0.0725. The number of aromatic nitrogens is 1. The minimum Gasteiger partial charge on any atom is -0.480 e. The molecular formula is C19H21FN2O3. The third-order valence-corrected chi connectivity index (χ3v) is 4.64. The number of nitrogens with zero attached hydrogens (tertiary/aromatic N) is 2. The van der Waals surface area contributed by atoms with Gasteiger partial charge in [-0.25, -0.2) is 9.37 Å². The zero-order valence-corrected chi connectivity index (χ0v) is 14.1. The number of hydrogen-bond donors (Lipinski definition) is 1. The molecule has 1 aliphatic heterocycles. The van der Waals surface area contributed by atoms with Crippen LogP contribution in [0.15, 0.2) is 42.6 Å². The molecular weight excluding hydrogens is 323 g/mol. The van der Waals surface area contributed by atoms with Crippen molar-refractivity contribution in [1.29, 1.82) is 0 Å². The molecule has 1 aliphatic rings. The minimum atomic E-state index is -0.694. The first kappa shape index (κ1) is 17.4. The number of piperidine rings is 1. The number of β-amino-alcohol motifs (C(OH)–C–C–N with tert-alkyl or cyclic N) is 1. The number of benzene rings is 1. The average Bonchev–Trinajstić information content (AvgIpc) is 2.64. The fourth-order valence-corrected chi connectivity index (χ4v) is 3.24. The van der Waals surface area contributed by atoms with Crippen LogP contribution >= 0.6 is 0 Å². The molecule has 1 saturated heterocycles. The van der Waals surface area contributed by atoms with Crippen LogP contribution in [0, 0.1) is 11.7 Å². The largest absolute Gasteiger partial charge is 0.480 e. The Bertz CT molecular complexity index is 753. The van der Waals surface area contributed by atoms with E-state index in [1.807, 2.05) is 0 Å². The van der Waals surface area contributed by atoms with Gasteiger partial charge in [-0.15, -0.1) is 0 Å². The summed E-state index contributed by atoms with van der Waals surface area (Å²) in [5, 5.41) is 10.5. The summed E-state index contributed by atoms with van der Waals surface area (Å²) in [6.07, 6.45) is 1.95. The van der Waals surface area contributed by atoms with Crippen molar-refractivity contribution in [2.45, 2.75) is 18.9 Å². The smallest absolute Gasteiger partial charge is 0.259 e. The predicted molar refractivity (Wildman–Crippen MR) is 90.9 cm³/mol. The molecule has 2 aromatic rings. The van der Waals surface area contributed by atoms with Crippen molar-refractivity contribution in [1.82, 2.24) is 9.88 Å². The maximum Gasteiger partial charge on any atom is 0.259 e. The highest BCUT2D eigenvalue weighted by Gasteiger charge is 2.32. The lowest BCUT2D eigenvalue weighted by Crippen LogP contribution is -2.47. The molecule has 1 fully saturated rings. The predicted octanol–water partition coefficient (Wildman–Crippen LogP) is 2.29. The van der Waals surface area contributed by atoms with Crippen LogP contribution < -0.4 is 4.74 Å². The monoisotopic (exact) mass is 344 g/mol. The van der Waals surface area contributed by atoms with Crippen molar-refractivity contribution in [3.05, 3.63) is 59.5 Å². The Kier molecular flexibility index (Phi) is 5.28. The number of pyridine rings is 1.